The summed E-state index contributed by atoms with van der Waals surface area (Å²) in [6, 6.07) is 0. The van der Waals surface area contributed by atoms with Gasteiger partial charge in [0, 0.05) is 18.1 Å². The van der Waals surface area contributed by atoms with E-state index in [0.717, 1.165) is 18.1 Å². The van der Waals surface area contributed by atoms with Crippen LogP contribution in [0, 0.1) is 0 Å². The smallest absolute Gasteiger partial charge is 0.224 e. The van der Waals surface area contributed by atoms with E-state index in [1.165, 1.54) is 6.20 Å². The number of hydrogen-bond donors (Lipinski definition) is 1. The van der Waals surface area contributed by atoms with E-state index in [-0.39, 0.29) is 5.28 Å². The lowest BCUT2D eigenvalue weighted by Crippen LogP contribution is -2.06. The monoisotopic (exact) mass is 263 g/mol. The molecule has 0 fully saturated rings. The van der Waals surface area contributed by atoms with Crippen molar-refractivity contribution >= 4 is 40.8 Å². The third-order valence-electron chi connectivity index (χ3n) is 1.49. The molecule has 0 saturated carbocycles. The van der Waals surface area contributed by atoms with Crippen molar-refractivity contribution in [1.29, 1.82) is 0 Å². The lowest BCUT2D eigenvalue weighted by atomic mass is 10.5. The Hall–Kier alpha value is -0.450. The molecule has 1 rings (SSSR count). The minimum absolute atomic E-state index is 0.195. The van der Waals surface area contributed by atoms with Gasteiger partial charge < -0.3 is 5.32 Å². The molecule has 0 unspecified atom stereocenters. The Labute approximate surface area is 103 Å². The molecule has 1 aromatic heterocycles. The molecular formula is C9H11Cl2N3S. The first-order valence-corrected chi connectivity index (χ1v) is 6.25. The van der Waals surface area contributed by atoms with Crippen LogP contribution in [0.25, 0.3) is 0 Å². The summed E-state index contributed by atoms with van der Waals surface area (Å²) < 4.78 is 0. The zero-order valence-electron chi connectivity index (χ0n) is 8.04. The molecule has 0 aliphatic rings. The Morgan fingerprint density at radius 2 is 2.33 bits per heavy atom. The SMILES string of the molecule is C=CCSCCNc1nc(Cl)ncc1Cl. The molecule has 1 heterocycles. The Kier molecular flexibility index (Phi) is 5.83. The third-order valence-corrected chi connectivity index (χ3v) is 2.91. The number of anilines is 1. The van der Waals surface area contributed by atoms with Crippen LogP contribution in [0.5, 0.6) is 0 Å². The van der Waals surface area contributed by atoms with Crippen LogP contribution >= 0.6 is 35.0 Å². The molecule has 1 N–H and O–H groups in total. The van der Waals surface area contributed by atoms with Crippen LogP contribution < -0.4 is 5.32 Å². The van der Waals surface area contributed by atoms with Gasteiger partial charge >= 0.3 is 0 Å². The molecule has 1 aromatic rings. The maximum Gasteiger partial charge on any atom is 0.224 e. The molecule has 0 radical (unpaired) electrons. The van der Waals surface area contributed by atoms with Crippen LogP contribution in [0.1, 0.15) is 0 Å². The van der Waals surface area contributed by atoms with Crippen molar-refractivity contribution in [3.8, 4) is 0 Å². The standard InChI is InChI=1S/C9H11Cl2N3S/c1-2-4-15-5-3-12-8-7(10)6-13-9(11)14-8/h2,6H,1,3-5H2,(H,12,13,14). The first-order valence-electron chi connectivity index (χ1n) is 4.34. The lowest BCUT2D eigenvalue weighted by Gasteiger charge is -2.06. The van der Waals surface area contributed by atoms with Gasteiger partial charge in [-0.1, -0.05) is 17.7 Å². The summed E-state index contributed by atoms with van der Waals surface area (Å²) in [5.41, 5.74) is 0. The van der Waals surface area contributed by atoms with Gasteiger partial charge in [-0.2, -0.15) is 16.7 Å². The molecule has 3 nitrogen and oxygen atoms in total. The molecule has 0 aliphatic carbocycles. The van der Waals surface area contributed by atoms with Crippen molar-refractivity contribution in [1.82, 2.24) is 9.97 Å². The molecule has 0 amide bonds. The van der Waals surface area contributed by atoms with Crippen LogP contribution in [0.3, 0.4) is 0 Å². The largest absolute Gasteiger partial charge is 0.368 e. The van der Waals surface area contributed by atoms with Gasteiger partial charge in [0.25, 0.3) is 0 Å². The molecule has 0 spiro atoms. The summed E-state index contributed by atoms with van der Waals surface area (Å²) >= 11 is 13.3. The number of nitrogens with one attached hydrogen (secondary N) is 1. The number of rotatable bonds is 6. The second-order valence-corrected chi connectivity index (χ2v) is 4.52. The summed E-state index contributed by atoms with van der Waals surface area (Å²) in [7, 11) is 0. The molecule has 0 aromatic carbocycles. The summed E-state index contributed by atoms with van der Waals surface area (Å²) in [6.45, 7) is 4.43. The fourth-order valence-corrected chi connectivity index (χ4v) is 1.75. The predicted octanol–water partition coefficient (Wildman–Crippen LogP) is 3.11. The molecule has 0 saturated heterocycles. The van der Waals surface area contributed by atoms with E-state index in [0.29, 0.717) is 10.8 Å². The van der Waals surface area contributed by atoms with Gasteiger partial charge in [0.2, 0.25) is 5.28 Å². The maximum absolute atomic E-state index is 5.87. The molecule has 82 valence electrons. The summed E-state index contributed by atoms with van der Waals surface area (Å²) in [4.78, 5) is 7.73. The number of halogens is 2. The highest BCUT2D eigenvalue weighted by Crippen LogP contribution is 2.19. The van der Waals surface area contributed by atoms with Crippen molar-refractivity contribution in [2.75, 3.05) is 23.4 Å². The highest BCUT2D eigenvalue weighted by atomic mass is 35.5. The van der Waals surface area contributed by atoms with Crippen molar-refractivity contribution in [2.24, 2.45) is 0 Å². The van der Waals surface area contributed by atoms with Crippen molar-refractivity contribution in [2.45, 2.75) is 0 Å². The van der Waals surface area contributed by atoms with Gasteiger partial charge in [0.15, 0.2) is 0 Å². The van der Waals surface area contributed by atoms with Gasteiger partial charge in [-0.05, 0) is 11.6 Å². The van der Waals surface area contributed by atoms with E-state index >= 15 is 0 Å². The highest BCUT2D eigenvalue weighted by Gasteiger charge is 2.02. The average Bonchev–Trinajstić information content (AvgIpc) is 2.23. The molecule has 0 aliphatic heterocycles. The van der Waals surface area contributed by atoms with E-state index in [9.17, 15) is 0 Å². The van der Waals surface area contributed by atoms with E-state index in [1.807, 2.05) is 6.08 Å². The van der Waals surface area contributed by atoms with Crippen LogP contribution in [-0.2, 0) is 0 Å². The maximum atomic E-state index is 5.87. The Morgan fingerprint density at radius 3 is 3.07 bits per heavy atom. The van der Waals surface area contributed by atoms with E-state index in [2.05, 4.69) is 21.9 Å². The van der Waals surface area contributed by atoms with Crippen LogP contribution in [0.15, 0.2) is 18.9 Å². The van der Waals surface area contributed by atoms with Gasteiger partial charge in [0.05, 0.1) is 6.20 Å². The minimum Gasteiger partial charge on any atom is -0.368 e. The Balaban J connectivity index is 2.36. The fourth-order valence-electron chi connectivity index (χ4n) is 0.878. The molecule has 15 heavy (non-hydrogen) atoms. The number of thioether (sulfide) groups is 1. The summed E-state index contributed by atoms with van der Waals surface area (Å²) in [5.74, 6) is 2.49. The second-order valence-electron chi connectivity index (χ2n) is 2.63. The number of aromatic nitrogens is 2. The van der Waals surface area contributed by atoms with Gasteiger partial charge in [-0.15, -0.1) is 6.58 Å². The number of nitrogens with zero attached hydrogens (tertiary/aromatic N) is 2. The highest BCUT2D eigenvalue weighted by molar-refractivity contribution is 7.99. The topological polar surface area (TPSA) is 37.8 Å². The average molecular weight is 264 g/mol. The molecular weight excluding hydrogens is 253 g/mol. The Morgan fingerprint density at radius 1 is 1.53 bits per heavy atom. The van der Waals surface area contributed by atoms with Gasteiger partial charge in [-0.25, -0.2) is 4.98 Å². The van der Waals surface area contributed by atoms with E-state index in [4.69, 9.17) is 23.2 Å². The predicted molar refractivity (Wildman–Crippen MR) is 68.1 cm³/mol. The zero-order valence-corrected chi connectivity index (χ0v) is 10.4. The molecule has 6 heteroatoms. The van der Waals surface area contributed by atoms with Crippen LogP contribution in [0.4, 0.5) is 5.82 Å². The zero-order chi connectivity index (χ0) is 11.1. The Bertz CT molecular complexity index is 333. The van der Waals surface area contributed by atoms with Crippen LogP contribution in [-0.4, -0.2) is 28.0 Å². The molecule has 0 atom stereocenters. The lowest BCUT2D eigenvalue weighted by molar-refractivity contribution is 1.12. The van der Waals surface area contributed by atoms with Gasteiger partial charge in [-0.3, -0.25) is 0 Å². The normalized spacial score (nSPS) is 10.0. The summed E-state index contributed by atoms with van der Waals surface area (Å²) in [5, 5.41) is 3.76. The molecule has 0 bridgehead atoms. The summed E-state index contributed by atoms with van der Waals surface area (Å²) in [6.07, 6.45) is 3.36. The number of hydrogen-bond acceptors (Lipinski definition) is 4. The fraction of sp³-hybridized carbons (Fsp3) is 0.333. The van der Waals surface area contributed by atoms with E-state index < -0.39 is 0 Å². The first-order chi connectivity index (χ1) is 7.24. The second kappa shape index (κ2) is 6.93. The van der Waals surface area contributed by atoms with Crippen molar-refractivity contribution in [3.63, 3.8) is 0 Å². The quantitative estimate of drug-likeness (QED) is 0.486. The van der Waals surface area contributed by atoms with Crippen molar-refractivity contribution in [3.05, 3.63) is 29.2 Å². The third kappa shape index (κ3) is 4.73. The van der Waals surface area contributed by atoms with Crippen molar-refractivity contribution < 1.29 is 0 Å². The van der Waals surface area contributed by atoms with Gasteiger partial charge in [0.1, 0.15) is 10.8 Å². The minimum atomic E-state index is 0.195. The van der Waals surface area contributed by atoms with E-state index in [1.54, 1.807) is 11.8 Å². The first kappa shape index (κ1) is 12.6. The van der Waals surface area contributed by atoms with Crippen LogP contribution in [0.2, 0.25) is 10.3 Å².